The summed E-state index contributed by atoms with van der Waals surface area (Å²) in [6.07, 6.45) is -1.64. The van der Waals surface area contributed by atoms with E-state index in [0.717, 1.165) is 20.5 Å². The second-order valence-corrected chi connectivity index (χ2v) is 6.96. The van der Waals surface area contributed by atoms with Crippen LogP contribution in [0.15, 0.2) is 21.5 Å². The Hall–Kier alpha value is -0.560. The van der Waals surface area contributed by atoms with Crippen LogP contribution in [0.5, 0.6) is 0 Å². The quantitative estimate of drug-likeness (QED) is 0.806. The minimum atomic E-state index is -0.819. The number of aliphatic hydroxyl groups is 2. The Bertz CT molecular complexity index is 513. The minimum Gasteiger partial charge on any atom is -0.388 e. The molecule has 1 saturated heterocycles. The Morgan fingerprint density at radius 2 is 1.90 bits per heavy atom. The smallest absolute Gasteiger partial charge is 0.233 e. The van der Waals surface area contributed by atoms with Crippen LogP contribution in [0.2, 0.25) is 0 Å². The third kappa shape index (κ3) is 3.55. The van der Waals surface area contributed by atoms with E-state index in [1.165, 1.54) is 16.7 Å². The molecule has 110 valence electrons. The fourth-order valence-electron chi connectivity index (χ4n) is 2.11. The van der Waals surface area contributed by atoms with Gasteiger partial charge in [-0.25, -0.2) is 0 Å². The molecule has 1 aliphatic rings. The van der Waals surface area contributed by atoms with Gasteiger partial charge in [-0.1, -0.05) is 15.9 Å². The molecule has 1 heterocycles. The molecule has 0 aromatic heterocycles. The molecule has 0 spiro atoms. The topological polar surface area (TPSA) is 60.8 Å². The van der Waals surface area contributed by atoms with Crippen LogP contribution in [0.3, 0.4) is 0 Å². The van der Waals surface area contributed by atoms with Gasteiger partial charge in [-0.3, -0.25) is 4.79 Å². The van der Waals surface area contributed by atoms with E-state index in [4.69, 9.17) is 0 Å². The highest BCUT2D eigenvalue weighted by atomic mass is 79.9. The van der Waals surface area contributed by atoms with E-state index in [9.17, 15) is 15.0 Å². The standard InChI is InChI=1S/C14H18BrNO3S/c1-8-4-13(9(2)3-10(8)15)20-7-14(19)16-5-11(17)12(18)6-16/h3-4,11-12,17-18H,5-7H2,1-2H3/t11-,12+. The average molecular weight is 360 g/mol. The Morgan fingerprint density at radius 1 is 1.30 bits per heavy atom. The molecule has 0 bridgehead atoms. The van der Waals surface area contributed by atoms with Crippen LogP contribution in [0.25, 0.3) is 0 Å². The predicted octanol–water partition coefficient (Wildman–Crippen LogP) is 1.72. The molecule has 2 atom stereocenters. The number of amides is 1. The molecule has 0 unspecified atom stereocenters. The highest BCUT2D eigenvalue weighted by Gasteiger charge is 2.32. The van der Waals surface area contributed by atoms with Crippen molar-refractivity contribution >= 4 is 33.6 Å². The van der Waals surface area contributed by atoms with Crippen LogP contribution < -0.4 is 0 Å². The van der Waals surface area contributed by atoms with Gasteiger partial charge in [0.25, 0.3) is 0 Å². The number of benzene rings is 1. The molecule has 1 aromatic carbocycles. The third-order valence-corrected chi connectivity index (χ3v) is 5.42. The first-order valence-corrected chi connectivity index (χ1v) is 8.20. The molecule has 1 aliphatic heterocycles. The SMILES string of the molecule is Cc1cc(SCC(=O)N2C[C@@H](O)[C@@H](O)C2)c(C)cc1Br. The second-order valence-electron chi connectivity index (χ2n) is 5.09. The van der Waals surface area contributed by atoms with Crippen molar-refractivity contribution < 1.29 is 15.0 Å². The van der Waals surface area contributed by atoms with Crippen LogP contribution in [-0.4, -0.2) is 52.1 Å². The first-order chi connectivity index (χ1) is 9.38. The second kappa shape index (κ2) is 6.47. The summed E-state index contributed by atoms with van der Waals surface area (Å²) in [4.78, 5) is 14.6. The number of hydrogen-bond donors (Lipinski definition) is 2. The molecule has 0 aliphatic carbocycles. The molecule has 4 nitrogen and oxygen atoms in total. The summed E-state index contributed by atoms with van der Waals surface area (Å²) >= 11 is 4.98. The molecule has 0 radical (unpaired) electrons. The number of nitrogens with zero attached hydrogens (tertiary/aromatic N) is 1. The van der Waals surface area contributed by atoms with Gasteiger partial charge in [-0.05, 0) is 37.1 Å². The van der Waals surface area contributed by atoms with Gasteiger partial charge in [0.2, 0.25) is 5.91 Å². The van der Waals surface area contributed by atoms with Gasteiger partial charge in [0.15, 0.2) is 0 Å². The highest BCUT2D eigenvalue weighted by Crippen LogP contribution is 2.28. The summed E-state index contributed by atoms with van der Waals surface area (Å²) in [5, 5.41) is 18.9. The normalized spacial score (nSPS) is 22.4. The maximum atomic E-state index is 12.0. The lowest BCUT2D eigenvalue weighted by atomic mass is 10.2. The third-order valence-electron chi connectivity index (χ3n) is 3.42. The summed E-state index contributed by atoms with van der Waals surface area (Å²) in [5.74, 6) is 0.270. The minimum absolute atomic E-state index is 0.0504. The Balaban J connectivity index is 1.96. The lowest BCUT2D eigenvalue weighted by molar-refractivity contribution is -0.127. The molecule has 2 N–H and O–H groups in total. The highest BCUT2D eigenvalue weighted by molar-refractivity contribution is 9.10. The first-order valence-electron chi connectivity index (χ1n) is 6.42. The van der Waals surface area contributed by atoms with E-state index >= 15 is 0 Å². The van der Waals surface area contributed by atoms with Gasteiger partial charge >= 0.3 is 0 Å². The van der Waals surface area contributed by atoms with Crippen LogP contribution in [-0.2, 0) is 4.79 Å². The number of rotatable bonds is 3. The number of hydrogen-bond acceptors (Lipinski definition) is 4. The largest absolute Gasteiger partial charge is 0.388 e. The molecule has 1 amide bonds. The fourth-order valence-corrected chi connectivity index (χ4v) is 3.58. The molecule has 20 heavy (non-hydrogen) atoms. The van der Waals surface area contributed by atoms with Crippen molar-refractivity contribution in [2.24, 2.45) is 0 Å². The Labute approximate surface area is 131 Å². The Morgan fingerprint density at radius 3 is 2.50 bits per heavy atom. The van der Waals surface area contributed by atoms with Crippen LogP contribution in [0.1, 0.15) is 11.1 Å². The molecular formula is C14H18BrNO3S. The summed E-state index contributed by atoms with van der Waals surface area (Å²) in [7, 11) is 0. The summed E-state index contributed by atoms with van der Waals surface area (Å²) in [6, 6.07) is 4.11. The van der Waals surface area contributed by atoms with E-state index < -0.39 is 12.2 Å². The van der Waals surface area contributed by atoms with Gasteiger partial charge < -0.3 is 15.1 Å². The number of halogens is 1. The molecule has 1 fully saturated rings. The van der Waals surface area contributed by atoms with Crippen molar-refractivity contribution in [3.8, 4) is 0 Å². The number of likely N-dealkylation sites (tertiary alicyclic amines) is 1. The Kier molecular flexibility index (Phi) is 5.12. The molecule has 2 rings (SSSR count). The lowest BCUT2D eigenvalue weighted by Gasteiger charge is -2.15. The molecule has 1 aromatic rings. The lowest BCUT2D eigenvalue weighted by Crippen LogP contribution is -2.31. The van der Waals surface area contributed by atoms with Gasteiger partial charge in [-0.2, -0.15) is 0 Å². The van der Waals surface area contributed by atoms with Gasteiger partial charge in [0.1, 0.15) is 0 Å². The van der Waals surface area contributed by atoms with E-state index in [1.807, 2.05) is 19.9 Å². The van der Waals surface area contributed by atoms with E-state index in [-0.39, 0.29) is 19.0 Å². The zero-order valence-electron chi connectivity index (χ0n) is 11.5. The van der Waals surface area contributed by atoms with Crippen LogP contribution in [0.4, 0.5) is 0 Å². The van der Waals surface area contributed by atoms with Crippen molar-refractivity contribution in [3.63, 3.8) is 0 Å². The summed E-state index contributed by atoms with van der Waals surface area (Å²) < 4.78 is 1.07. The molecule has 0 saturated carbocycles. The van der Waals surface area contributed by atoms with Crippen LogP contribution >= 0.6 is 27.7 Å². The monoisotopic (exact) mass is 359 g/mol. The fraction of sp³-hybridized carbons (Fsp3) is 0.500. The van der Waals surface area contributed by atoms with Crippen molar-refractivity contribution in [2.75, 3.05) is 18.8 Å². The average Bonchev–Trinajstić information content (AvgIpc) is 2.72. The number of thioether (sulfide) groups is 1. The van der Waals surface area contributed by atoms with E-state index in [1.54, 1.807) is 0 Å². The van der Waals surface area contributed by atoms with Gasteiger partial charge in [-0.15, -0.1) is 11.8 Å². The van der Waals surface area contributed by atoms with Gasteiger partial charge in [0.05, 0.1) is 18.0 Å². The van der Waals surface area contributed by atoms with E-state index in [0.29, 0.717) is 5.75 Å². The van der Waals surface area contributed by atoms with Gasteiger partial charge in [0, 0.05) is 22.5 Å². The van der Waals surface area contributed by atoms with Crippen molar-refractivity contribution in [1.29, 1.82) is 0 Å². The van der Waals surface area contributed by atoms with Crippen LogP contribution in [0, 0.1) is 13.8 Å². The maximum Gasteiger partial charge on any atom is 0.233 e. The van der Waals surface area contributed by atoms with Crippen molar-refractivity contribution in [2.45, 2.75) is 31.0 Å². The number of aliphatic hydroxyl groups excluding tert-OH is 2. The summed E-state index contributed by atoms with van der Waals surface area (Å²) in [6.45, 7) is 4.47. The number of β-amino-alcohol motifs (C(OH)–C–C–N with tert-alkyl or cyclic N) is 2. The van der Waals surface area contributed by atoms with Crippen molar-refractivity contribution in [3.05, 3.63) is 27.7 Å². The predicted molar refractivity (Wildman–Crippen MR) is 82.9 cm³/mol. The zero-order chi connectivity index (χ0) is 14.9. The molecule has 6 heteroatoms. The zero-order valence-corrected chi connectivity index (χ0v) is 13.9. The molecular weight excluding hydrogens is 342 g/mol. The number of aryl methyl sites for hydroxylation is 2. The number of carbonyl (C=O) groups excluding carboxylic acids is 1. The summed E-state index contributed by atoms with van der Waals surface area (Å²) in [5.41, 5.74) is 2.26. The van der Waals surface area contributed by atoms with E-state index in [2.05, 4.69) is 22.0 Å². The van der Waals surface area contributed by atoms with Crippen molar-refractivity contribution in [1.82, 2.24) is 4.90 Å². The first kappa shape index (κ1) is 15.8. The maximum absolute atomic E-state index is 12.0. The number of carbonyl (C=O) groups is 1.